The van der Waals surface area contributed by atoms with E-state index in [0.29, 0.717) is 39.5 Å². The number of nitrogens with zero attached hydrogens (tertiary/aromatic N) is 4. The van der Waals surface area contributed by atoms with Crippen LogP contribution in [0.1, 0.15) is 20.1 Å². The van der Waals surface area contributed by atoms with Gasteiger partial charge in [0, 0.05) is 40.4 Å². The van der Waals surface area contributed by atoms with Crippen molar-refractivity contribution < 1.29 is 23.5 Å². The van der Waals surface area contributed by atoms with Crippen LogP contribution in [-0.2, 0) is 16.1 Å². The van der Waals surface area contributed by atoms with E-state index >= 15 is 0 Å². The number of methoxy groups -OCH3 is 1. The summed E-state index contributed by atoms with van der Waals surface area (Å²) in [7, 11) is 1.33. The summed E-state index contributed by atoms with van der Waals surface area (Å²) in [6, 6.07) is 15.5. The fourth-order valence-electron chi connectivity index (χ4n) is 3.94. The third-order valence-corrected chi connectivity index (χ3v) is 7.89. The minimum atomic E-state index is -0.427. The van der Waals surface area contributed by atoms with Gasteiger partial charge in [-0.3, -0.25) is 0 Å². The highest BCUT2D eigenvalue weighted by molar-refractivity contribution is 9.10. The zero-order valence-corrected chi connectivity index (χ0v) is 22.2. The number of halogens is 1. The molecule has 0 radical (unpaired) electrons. The standard InChI is InChI=1S/C26H21BrN4O5S/c1-33-26(32)23-13-20(27)24(37-23)15-35-25-19(14-28)18(21-6-9-36-30-21)12-22(29-25)16-2-4-17(5-3-16)31-7-10-34-11-8-31/h2-6,9,12-13H,7-8,10-11,15H2,1H3. The zero-order chi connectivity index (χ0) is 25.8. The monoisotopic (exact) mass is 580 g/mol. The fraction of sp³-hybridized carbons (Fsp3) is 0.231. The Morgan fingerprint density at radius 2 is 1.97 bits per heavy atom. The summed E-state index contributed by atoms with van der Waals surface area (Å²) < 4.78 is 22.0. The normalized spacial score (nSPS) is 13.3. The minimum absolute atomic E-state index is 0.0988. The zero-order valence-electron chi connectivity index (χ0n) is 19.8. The van der Waals surface area contributed by atoms with Gasteiger partial charge in [-0.15, -0.1) is 11.3 Å². The van der Waals surface area contributed by atoms with Gasteiger partial charge in [0.15, 0.2) is 0 Å². The second-order valence-electron chi connectivity index (χ2n) is 8.04. The third kappa shape index (κ3) is 5.36. The topological polar surface area (TPSA) is 111 Å². The van der Waals surface area contributed by atoms with Gasteiger partial charge in [0.05, 0.1) is 30.9 Å². The van der Waals surface area contributed by atoms with E-state index in [-0.39, 0.29) is 18.1 Å². The first-order valence-corrected chi connectivity index (χ1v) is 13.0. The van der Waals surface area contributed by atoms with Gasteiger partial charge < -0.3 is 23.6 Å². The SMILES string of the molecule is COC(=O)c1cc(Br)c(COc2nc(-c3ccc(N4CCOCC4)cc3)cc(-c3ccon3)c2C#N)s1. The number of ether oxygens (including phenoxy) is 3. The molecule has 188 valence electrons. The number of morpholine rings is 1. The van der Waals surface area contributed by atoms with Crippen LogP contribution in [0.5, 0.6) is 5.88 Å². The summed E-state index contributed by atoms with van der Waals surface area (Å²) in [6.45, 7) is 3.21. The van der Waals surface area contributed by atoms with Crippen LogP contribution in [0.3, 0.4) is 0 Å². The second-order valence-corrected chi connectivity index (χ2v) is 10.0. The maximum Gasteiger partial charge on any atom is 0.348 e. The third-order valence-electron chi connectivity index (χ3n) is 5.84. The number of nitriles is 1. The molecule has 0 unspecified atom stereocenters. The van der Waals surface area contributed by atoms with Crippen LogP contribution in [-0.4, -0.2) is 49.5 Å². The van der Waals surface area contributed by atoms with Gasteiger partial charge in [-0.1, -0.05) is 17.3 Å². The predicted octanol–water partition coefficient (Wildman–Crippen LogP) is 5.30. The number of esters is 1. The molecule has 9 nitrogen and oxygen atoms in total. The van der Waals surface area contributed by atoms with Gasteiger partial charge in [-0.05, 0) is 40.2 Å². The van der Waals surface area contributed by atoms with Crippen LogP contribution in [0.15, 0.2) is 57.7 Å². The molecule has 3 aromatic heterocycles. The van der Waals surface area contributed by atoms with Crippen molar-refractivity contribution in [2.75, 3.05) is 38.3 Å². The Morgan fingerprint density at radius 3 is 2.65 bits per heavy atom. The molecular weight excluding hydrogens is 560 g/mol. The van der Waals surface area contributed by atoms with E-state index in [4.69, 9.17) is 23.7 Å². The molecule has 37 heavy (non-hydrogen) atoms. The van der Waals surface area contributed by atoms with E-state index in [2.05, 4.69) is 32.1 Å². The maximum absolute atomic E-state index is 11.9. The van der Waals surface area contributed by atoms with E-state index < -0.39 is 5.97 Å². The van der Waals surface area contributed by atoms with Crippen molar-refractivity contribution in [3.05, 3.63) is 68.5 Å². The first-order chi connectivity index (χ1) is 18.1. The van der Waals surface area contributed by atoms with Gasteiger partial charge in [-0.2, -0.15) is 5.26 Å². The minimum Gasteiger partial charge on any atom is -0.471 e. The van der Waals surface area contributed by atoms with Gasteiger partial charge in [-0.25, -0.2) is 9.78 Å². The fourth-order valence-corrected chi connectivity index (χ4v) is 5.56. The predicted molar refractivity (Wildman–Crippen MR) is 141 cm³/mol. The summed E-state index contributed by atoms with van der Waals surface area (Å²) in [6.07, 6.45) is 1.45. The number of thiophene rings is 1. The molecule has 0 spiro atoms. The maximum atomic E-state index is 11.9. The quantitative estimate of drug-likeness (QED) is 0.269. The Balaban J connectivity index is 1.49. The molecule has 4 heterocycles. The van der Waals surface area contributed by atoms with Crippen molar-refractivity contribution in [1.29, 1.82) is 5.26 Å². The summed E-state index contributed by atoms with van der Waals surface area (Å²) >= 11 is 4.71. The van der Waals surface area contributed by atoms with Crippen molar-refractivity contribution in [3.63, 3.8) is 0 Å². The van der Waals surface area contributed by atoms with Gasteiger partial charge >= 0.3 is 5.97 Å². The molecule has 0 aliphatic carbocycles. The van der Waals surface area contributed by atoms with Crippen molar-refractivity contribution in [2.24, 2.45) is 0 Å². The number of benzene rings is 1. The lowest BCUT2D eigenvalue weighted by molar-refractivity contribution is 0.0606. The molecule has 1 saturated heterocycles. The molecule has 0 saturated carbocycles. The van der Waals surface area contributed by atoms with Crippen molar-refractivity contribution in [3.8, 4) is 34.5 Å². The van der Waals surface area contributed by atoms with Crippen molar-refractivity contribution >= 4 is 38.9 Å². The smallest absolute Gasteiger partial charge is 0.348 e. The Kier molecular flexibility index (Phi) is 7.50. The van der Waals surface area contributed by atoms with E-state index in [1.807, 2.05) is 30.3 Å². The molecule has 0 atom stereocenters. The largest absolute Gasteiger partial charge is 0.471 e. The van der Waals surface area contributed by atoms with Crippen LogP contribution >= 0.6 is 27.3 Å². The van der Waals surface area contributed by atoms with Crippen LogP contribution in [0.2, 0.25) is 0 Å². The summed E-state index contributed by atoms with van der Waals surface area (Å²) in [5, 5.41) is 14.0. The highest BCUT2D eigenvalue weighted by Crippen LogP contribution is 2.35. The van der Waals surface area contributed by atoms with Crippen LogP contribution in [0.4, 0.5) is 5.69 Å². The first-order valence-electron chi connectivity index (χ1n) is 11.4. The molecule has 0 N–H and O–H groups in total. The van der Waals surface area contributed by atoms with Gasteiger partial charge in [0.25, 0.3) is 0 Å². The Bertz CT molecular complexity index is 1440. The highest BCUT2D eigenvalue weighted by atomic mass is 79.9. The lowest BCUT2D eigenvalue weighted by Gasteiger charge is -2.28. The molecule has 1 aromatic carbocycles. The summed E-state index contributed by atoms with van der Waals surface area (Å²) in [5.41, 5.74) is 3.89. The number of hydrogen-bond donors (Lipinski definition) is 0. The number of hydrogen-bond acceptors (Lipinski definition) is 10. The van der Waals surface area contributed by atoms with Crippen LogP contribution < -0.4 is 9.64 Å². The number of anilines is 1. The van der Waals surface area contributed by atoms with E-state index in [1.54, 1.807) is 12.1 Å². The molecular formula is C26H21BrN4O5S. The number of carbonyl (C=O) groups is 1. The second kappa shape index (κ2) is 11.1. The average Bonchev–Trinajstić information content (AvgIpc) is 3.61. The highest BCUT2D eigenvalue weighted by Gasteiger charge is 2.20. The lowest BCUT2D eigenvalue weighted by Crippen LogP contribution is -2.36. The van der Waals surface area contributed by atoms with Gasteiger partial charge in [0.2, 0.25) is 5.88 Å². The number of rotatable bonds is 7. The van der Waals surface area contributed by atoms with E-state index in [0.717, 1.165) is 29.2 Å². The molecule has 1 fully saturated rings. The molecule has 5 rings (SSSR count). The molecule has 11 heteroatoms. The van der Waals surface area contributed by atoms with Crippen LogP contribution in [0.25, 0.3) is 22.5 Å². The number of pyridine rings is 1. The Morgan fingerprint density at radius 1 is 1.19 bits per heavy atom. The summed E-state index contributed by atoms with van der Waals surface area (Å²) in [5.74, 6) is -0.265. The number of carbonyl (C=O) groups excluding carboxylic acids is 1. The average molecular weight is 581 g/mol. The first kappa shape index (κ1) is 25.0. The van der Waals surface area contributed by atoms with E-state index in [1.165, 1.54) is 24.7 Å². The summed E-state index contributed by atoms with van der Waals surface area (Å²) in [4.78, 5) is 20.1. The van der Waals surface area contributed by atoms with Gasteiger partial charge in [0.1, 0.15) is 35.1 Å². The molecule has 0 bridgehead atoms. The van der Waals surface area contributed by atoms with Crippen LogP contribution in [0, 0.1) is 11.3 Å². The number of aromatic nitrogens is 2. The molecule has 1 aliphatic rings. The molecule has 1 aliphatic heterocycles. The van der Waals surface area contributed by atoms with E-state index in [9.17, 15) is 10.1 Å². The molecule has 0 amide bonds. The lowest BCUT2D eigenvalue weighted by atomic mass is 10.0. The van der Waals surface area contributed by atoms with Crippen molar-refractivity contribution in [1.82, 2.24) is 10.1 Å². The Hall–Kier alpha value is -3.72. The Labute approximate surface area is 225 Å². The molecule has 4 aromatic rings. The van der Waals surface area contributed by atoms with Crippen molar-refractivity contribution in [2.45, 2.75) is 6.61 Å².